The molecule has 29 heavy (non-hydrogen) atoms. The Morgan fingerprint density at radius 3 is 2.72 bits per heavy atom. The predicted octanol–water partition coefficient (Wildman–Crippen LogP) is 4.37. The molecule has 6 nitrogen and oxygen atoms in total. The molecule has 0 aliphatic heterocycles. The zero-order valence-electron chi connectivity index (χ0n) is 16.0. The predicted molar refractivity (Wildman–Crippen MR) is 112 cm³/mol. The molecule has 154 valence electrons. The van der Waals surface area contributed by atoms with Gasteiger partial charge in [-0.05, 0) is 37.6 Å². The molecule has 2 heterocycles. The largest absolute Gasteiger partial charge is 0.489 e. The molecule has 0 saturated heterocycles. The number of hydrogen-bond donors (Lipinski definition) is 2. The Morgan fingerprint density at radius 1 is 1.24 bits per heavy atom. The van der Waals surface area contributed by atoms with Crippen LogP contribution < -0.4 is 10.5 Å². The molecular weight excluding hydrogens is 418 g/mol. The van der Waals surface area contributed by atoms with Gasteiger partial charge in [0, 0.05) is 35.0 Å². The van der Waals surface area contributed by atoms with Crippen molar-refractivity contribution in [3.05, 3.63) is 58.2 Å². The Balaban J connectivity index is 1.73. The molecule has 3 N–H and O–H groups in total. The van der Waals surface area contributed by atoms with Crippen molar-refractivity contribution < 1.29 is 14.2 Å². The number of nitrogens with zero attached hydrogens (tertiary/aromatic N) is 3. The smallest absolute Gasteiger partial charge is 0.166 e. The number of halogens is 3. The Kier molecular flexibility index (Phi) is 6.31. The van der Waals surface area contributed by atoms with Crippen LogP contribution in [0.5, 0.6) is 5.75 Å². The zero-order chi connectivity index (χ0) is 21.2. The van der Waals surface area contributed by atoms with Crippen molar-refractivity contribution in [2.45, 2.75) is 32.4 Å². The van der Waals surface area contributed by atoms with Crippen molar-refractivity contribution in [1.82, 2.24) is 14.8 Å². The first kappa shape index (κ1) is 21.4. The molecule has 0 bridgehead atoms. The molecule has 0 saturated carbocycles. The summed E-state index contributed by atoms with van der Waals surface area (Å²) in [7, 11) is 0. The Bertz CT molecular complexity index is 1020. The van der Waals surface area contributed by atoms with Crippen molar-refractivity contribution in [1.29, 1.82) is 0 Å². The van der Waals surface area contributed by atoms with E-state index >= 15 is 0 Å². The fourth-order valence-corrected chi connectivity index (χ4v) is 3.35. The highest BCUT2D eigenvalue weighted by Crippen LogP contribution is 2.30. The van der Waals surface area contributed by atoms with Gasteiger partial charge in [-0.15, -0.1) is 0 Å². The molecule has 2 aromatic heterocycles. The van der Waals surface area contributed by atoms with Crippen LogP contribution in [0.25, 0.3) is 11.1 Å². The third-order valence-corrected chi connectivity index (χ3v) is 4.91. The average Bonchev–Trinajstić information content (AvgIpc) is 3.09. The van der Waals surface area contributed by atoms with Crippen LogP contribution in [0.2, 0.25) is 10.0 Å². The fraction of sp³-hybridized carbons (Fsp3) is 0.300. The summed E-state index contributed by atoms with van der Waals surface area (Å²) in [4.78, 5) is 4.17. The summed E-state index contributed by atoms with van der Waals surface area (Å²) in [6.45, 7) is 3.97. The lowest BCUT2D eigenvalue weighted by atomic mass is 10.1. The Hall–Kier alpha value is -2.35. The SMILES string of the molecule is CC(C)(O)Cn1cc(-c2cnc(N)c(OCCc3c(Cl)ccc(F)c3Cl)c2)cn1. The normalized spacial score (nSPS) is 11.7. The maximum absolute atomic E-state index is 13.6. The van der Waals surface area contributed by atoms with Gasteiger partial charge in [0.1, 0.15) is 5.82 Å². The summed E-state index contributed by atoms with van der Waals surface area (Å²) >= 11 is 12.1. The van der Waals surface area contributed by atoms with Crippen molar-refractivity contribution in [3.8, 4) is 16.9 Å². The van der Waals surface area contributed by atoms with Gasteiger partial charge in [-0.2, -0.15) is 5.10 Å². The minimum atomic E-state index is -0.879. The first-order chi connectivity index (χ1) is 13.6. The van der Waals surface area contributed by atoms with Gasteiger partial charge in [0.15, 0.2) is 11.6 Å². The molecule has 0 amide bonds. The van der Waals surface area contributed by atoms with Crippen LogP contribution >= 0.6 is 23.2 Å². The summed E-state index contributed by atoms with van der Waals surface area (Å²) in [5, 5.41) is 14.5. The van der Waals surface area contributed by atoms with Crippen LogP contribution in [0.1, 0.15) is 19.4 Å². The lowest BCUT2D eigenvalue weighted by Crippen LogP contribution is -2.26. The van der Waals surface area contributed by atoms with Crippen molar-refractivity contribution in [2.24, 2.45) is 0 Å². The monoisotopic (exact) mass is 438 g/mol. The summed E-state index contributed by atoms with van der Waals surface area (Å²) in [6.07, 6.45) is 5.41. The Morgan fingerprint density at radius 2 is 2.00 bits per heavy atom. The number of nitrogens with two attached hydrogens (primary N) is 1. The number of benzene rings is 1. The summed E-state index contributed by atoms with van der Waals surface area (Å²) in [5.74, 6) is 0.0905. The molecule has 0 spiro atoms. The third-order valence-electron chi connectivity index (χ3n) is 4.15. The van der Waals surface area contributed by atoms with Gasteiger partial charge < -0.3 is 15.6 Å². The number of hydrogen-bond acceptors (Lipinski definition) is 5. The van der Waals surface area contributed by atoms with E-state index in [1.807, 2.05) is 0 Å². The van der Waals surface area contributed by atoms with Crippen LogP contribution in [-0.2, 0) is 13.0 Å². The van der Waals surface area contributed by atoms with Gasteiger partial charge in [0.25, 0.3) is 0 Å². The fourth-order valence-electron chi connectivity index (χ4n) is 2.79. The summed E-state index contributed by atoms with van der Waals surface area (Å²) in [5.41, 5.74) is 7.08. The third kappa shape index (κ3) is 5.38. The number of aliphatic hydroxyl groups is 1. The molecule has 1 aromatic carbocycles. The van der Waals surface area contributed by atoms with E-state index < -0.39 is 11.4 Å². The van der Waals surface area contributed by atoms with E-state index in [4.69, 9.17) is 33.7 Å². The maximum Gasteiger partial charge on any atom is 0.166 e. The van der Waals surface area contributed by atoms with E-state index in [9.17, 15) is 9.50 Å². The van der Waals surface area contributed by atoms with Crippen LogP contribution in [0.3, 0.4) is 0 Å². The number of anilines is 1. The van der Waals surface area contributed by atoms with Gasteiger partial charge in [-0.1, -0.05) is 23.2 Å². The molecule has 0 fully saturated rings. The van der Waals surface area contributed by atoms with E-state index in [-0.39, 0.29) is 17.4 Å². The first-order valence-corrected chi connectivity index (χ1v) is 9.65. The molecule has 0 unspecified atom stereocenters. The van der Waals surface area contributed by atoms with Gasteiger partial charge in [-0.3, -0.25) is 4.68 Å². The van der Waals surface area contributed by atoms with Gasteiger partial charge in [0.05, 0.1) is 30.0 Å². The minimum absolute atomic E-state index is 0.0137. The van der Waals surface area contributed by atoms with Crippen LogP contribution in [-0.4, -0.2) is 32.1 Å². The molecule has 3 rings (SSSR count). The lowest BCUT2D eigenvalue weighted by Gasteiger charge is -2.16. The highest BCUT2D eigenvalue weighted by atomic mass is 35.5. The van der Waals surface area contributed by atoms with E-state index in [2.05, 4.69) is 10.1 Å². The molecule has 9 heteroatoms. The second-order valence-corrected chi connectivity index (χ2v) is 8.05. The minimum Gasteiger partial charge on any atom is -0.489 e. The number of ether oxygens (including phenoxy) is 1. The average molecular weight is 439 g/mol. The number of aromatic nitrogens is 3. The van der Waals surface area contributed by atoms with E-state index in [0.29, 0.717) is 29.3 Å². The second kappa shape index (κ2) is 8.57. The van der Waals surface area contributed by atoms with Crippen molar-refractivity contribution in [3.63, 3.8) is 0 Å². The highest BCUT2D eigenvalue weighted by Gasteiger charge is 2.15. The molecule has 0 aliphatic rings. The molecule has 3 aromatic rings. The first-order valence-electron chi connectivity index (χ1n) is 8.90. The van der Waals surface area contributed by atoms with Crippen molar-refractivity contribution >= 4 is 29.0 Å². The highest BCUT2D eigenvalue weighted by molar-refractivity contribution is 6.36. The van der Waals surface area contributed by atoms with Gasteiger partial charge >= 0.3 is 0 Å². The maximum atomic E-state index is 13.6. The standard InChI is InChI=1S/C20H21Cl2FN4O2/c1-20(2,28)11-27-10-13(9-26-27)12-7-17(19(24)25-8-12)29-6-5-14-15(21)3-4-16(23)18(14)22/h3-4,7-10,28H,5-6,11H2,1-2H3,(H2,24,25). The van der Waals surface area contributed by atoms with Crippen molar-refractivity contribution in [2.75, 3.05) is 12.3 Å². The topological polar surface area (TPSA) is 86.2 Å². The van der Waals surface area contributed by atoms with Crippen LogP contribution in [0, 0.1) is 5.82 Å². The van der Waals surface area contributed by atoms with E-state index in [0.717, 1.165) is 11.1 Å². The van der Waals surface area contributed by atoms with E-state index in [1.54, 1.807) is 43.2 Å². The molecular formula is C20H21Cl2FN4O2. The second-order valence-electron chi connectivity index (χ2n) is 7.27. The lowest BCUT2D eigenvalue weighted by molar-refractivity contribution is 0.0577. The van der Waals surface area contributed by atoms with Gasteiger partial charge in [-0.25, -0.2) is 9.37 Å². The quantitative estimate of drug-likeness (QED) is 0.534. The van der Waals surface area contributed by atoms with E-state index in [1.165, 1.54) is 12.1 Å². The molecule has 0 atom stereocenters. The number of nitrogen functional groups attached to an aromatic ring is 1. The molecule has 0 radical (unpaired) electrons. The van der Waals surface area contributed by atoms with Crippen LogP contribution in [0.15, 0.2) is 36.8 Å². The van der Waals surface area contributed by atoms with Crippen LogP contribution in [0.4, 0.5) is 10.2 Å². The summed E-state index contributed by atoms with van der Waals surface area (Å²) in [6, 6.07) is 4.43. The molecule has 0 aliphatic carbocycles. The number of rotatable bonds is 7. The zero-order valence-corrected chi connectivity index (χ0v) is 17.5. The Labute approximate surface area is 178 Å². The van der Waals surface area contributed by atoms with Gasteiger partial charge in [0.2, 0.25) is 0 Å². The summed E-state index contributed by atoms with van der Waals surface area (Å²) < 4.78 is 21.0. The number of pyridine rings is 1.